The molecule has 5 nitrogen and oxygen atoms in total. The molecule has 0 saturated heterocycles. The quantitative estimate of drug-likeness (QED) is 0.773. The first-order chi connectivity index (χ1) is 13.7. The van der Waals surface area contributed by atoms with Crippen LogP contribution in [0.2, 0.25) is 0 Å². The van der Waals surface area contributed by atoms with E-state index in [2.05, 4.69) is 21.2 Å². The highest BCUT2D eigenvalue weighted by atomic mass is 16.5. The highest BCUT2D eigenvalue weighted by molar-refractivity contribution is 5.76. The Morgan fingerprint density at radius 2 is 2.04 bits per heavy atom. The second-order valence-electron chi connectivity index (χ2n) is 8.22. The average molecular weight is 382 g/mol. The summed E-state index contributed by atoms with van der Waals surface area (Å²) in [5, 5.41) is 7.93. The van der Waals surface area contributed by atoms with E-state index in [0.29, 0.717) is 13.0 Å². The lowest BCUT2D eigenvalue weighted by molar-refractivity contribution is -0.122. The van der Waals surface area contributed by atoms with Gasteiger partial charge in [0.05, 0.1) is 25.9 Å². The number of amides is 1. The maximum absolute atomic E-state index is 12.5. The van der Waals surface area contributed by atoms with Gasteiger partial charge in [0.1, 0.15) is 5.75 Å². The molecule has 0 aliphatic heterocycles. The average Bonchev–Trinajstić information content (AvgIpc) is 3.38. The van der Waals surface area contributed by atoms with Crippen molar-refractivity contribution in [2.24, 2.45) is 5.92 Å². The molecule has 28 heavy (non-hydrogen) atoms. The third kappa shape index (κ3) is 4.23. The van der Waals surface area contributed by atoms with Gasteiger partial charge in [-0.05, 0) is 37.7 Å². The van der Waals surface area contributed by atoms with Gasteiger partial charge in [0.2, 0.25) is 5.91 Å². The first-order valence-electron chi connectivity index (χ1n) is 10.7. The molecule has 4 rings (SSSR count). The number of carbonyl (C=O) groups excluding carboxylic acids is 1. The van der Waals surface area contributed by atoms with Crippen LogP contribution in [0.5, 0.6) is 5.75 Å². The number of nitrogens with zero attached hydrogens (tertiary/aromatic N) is 2. The van der Waals surface area contributed by atoms with E-state index in [9.17, 15) is 4.79 Å². The number of hydrogen-bond acceptors (Lipinski definition) is 3. The molecule has 0 radical (unpaired) electrons. The zero-order chi connectivity index (χ0) is 19.3. The number of rotatable bonds is 7. The van der Waals surface area contributed by atoms with Crippen LogP contribution in [0.15, 0.2) is 30.5 Å². The summed E-state index contributed by atoms with van der Waals surface area (Å²) in [6.07, 6.45) is 12.0. The van der Waals surface area contributed by atoms with E-state index >= 15 is 0 Å². The predicted molar refractivity (Wildman–Crippen MR) is 109 cm³/mol. The van der Waals surface area contributed by atoms with Crippen LogP contribution in [-0.4, -0.2) is 22.8 Å². The number of carbonyl (C=O) groups is 1. The van der Waals surface area contributed by atoms with E-state index in [1.807, 2.05) is 24.4 Å². The van der Waals surface area contributed by atoms with Gasteiger partial charge in [-0.2, -0.15) is 5.10 Å². The molecular formula is C23H31N3O2. The maximum Gasteiger partial charge on any atom is 0.220 e. The maximum atomic E-state index is 12.5. The predicted octanol–water partition coefficient (Wildman–Crippen LogP) is 4.40. The van der Waals surface area contributed by atoms with Crippen molar-refractivity contribution in [3.8, 4) is 5.75 Å². The lowest BCUT2D eigenvalue weighted by Gasteiger charge is -2.24. The molecule has 2 aliphatic rings. The molecule has 1 aromatic heterocycles. The van der Waals surface area contributed by atoms with E-state index in [1.165, 1.54) is 36.9 Å². The lowest BCUT2D eigenvalue weighted by Crippen LogP contribution is -2.31. The molecule has 0 spiro atoms. The van der Waals surface area contributed by atoms with Crippen molar-refractivity contribution in [3.05, 3.63) is 47.3 Å². The number of para-hydroxylation sites is 1. The summed E-state index contributed by atoms with van der Waals surface area (Å²) in [6.45, 7) is 0.696. The molecule has 1 amide bonds. The Balaban J connectivity index is 1.41. The molecule has 2 aliphatic carbocycles. The van der Waals surface area contributed by atoms with Crippen molar-refractivity contribution >= 4 is 5.91 Å². The van der Waals surface area contributed by atoms with Crippen molar-refractivity contribution < 1.29 is 9.53 Å². The standard InChI is InChI=1S/C23H31N3O2/c1-28-22-12-5-4-9-18(22)16-26-21-11-6-10-20(19(21)15-24-26)25-23(27)14-13-17-7-2-3-8-17/h4-5,9,12,15,17,20H,2-3,6-8,10-11,13-14,16H2,1H3,(H,25,27). The Hall–Kier alpha value is -2.30. The van der Waals surface area contributed by atoms with Crippen molar-refractivity contribution in [2.45, 2.75) is 70.4 Å². The molecular weight excluding hydrogens is 350 g/mol. The minimum absolute atomic E-state index is 0.103. The van der Waals surface area contributed by atoms with Crippen molar-refractivity contribution in [1.82, 2.24) is 15.1 Å². The fourth-order valence-electron chi connectivity index (χ4n) is 4.80. The van der Waals surface area contributed by atoms with Gasteiger partial charge in [0, 0.05) is 23.2 Å². The third-order valence-electron chi connectivity index (χ3n) is 6.37. The van der Waals surface area contributed by atoms with Gasteiger partial charge in [-0.1, -0.05) is 43.9 Å². The van der Waals surface area contributed by atoms with Crippen LogP contribution in [0.1, 0.15) is 74.2 Å². The first kappa shape index (κ1) is 19.0. The smallest absolute Gasteiger partial charge is 0.220 e. The first-order valence-corrected chi connectivity index (χ1v) is 10.7. The molecule has 1 heterocycles. The number of ether oxygens (including phenoxy) is 1. The zero-order valence-corrected chi connectivity index (χ0v) is 16.8. The van der Waals surface area contributed by atoms with E-state index < -0.39 is 0 Å². The lowest BCUT2D eigenvalue weighted by atomic mass is 9.92. The normalized spacial score (nSPS) is 19.4. The number of methoxy groups -OCH3 is 1. The number of benzene rings is 1. The summed E-state index contributed by atoms with van der Waals surface area (Å²) in [6, 6.07) is 8.18. The monoisotopic (exact) mass is 381 g/mol. The summed E-state index contributed by atoms with van der Waals surface area (Å²) in [5.74, 6) is 1.85. The van der Waals surface area contributed by atoms with E-state index in [-0.39, 0.29) is 11.9 Å². The Kier molecular flexibility index (Phi) is 5.98. The second kappa shape index (κ2) is 8.80. The van der Waals surface area contributed by atoms with Gasteiger partial charge < -0.3 is 10.1 Å². The number of fused-ring (bicyclic) bond motifs is 1. The summed E-state index contributed by atoms with van der Waals surface area (Å²) >= 11 is 0. The number of aromatic nitrogens is 2. The largest absolute Gasteiger partial charge is 0.496 e. The van der Waals surface area contributed by atoms with Gasteiger partial charge in [-0.15, -0.1) is 0 Å². The number of nitrogens with one attached hydrogen (secondary N) is 1. The van der Waals surface area contributed by atoms with Crippen molar-refractivity contribution in [1.29, 1.82) is 0 Å². The van der Waals surface area contributed by atoms with Crippen LogP contribution >= 0.6 is 0 Å². The van der Waals surface area contributed by atoms with Gasteiger partial charge in [-0.25, -0.2) is 0 Å². The Morgan fingerprint density at radius 3 is 2.86 bits per heavy atom. The summed E-state index contributed by atoms with van der Waals surface area (Å²) in [7, 11) is 1.70. The Labute approximate surface area is 167 Å². The molecule has 1 fully saturated rings. The zero-order valence-electron chi connectivity index (χ0n) is 16.8. The molecule has 1 N–H and O–H groups in total. The summed E-state index contributed by atoms with van der Waals surface area (Å²) in [5.41, 5.74) is 3.56. The van der Waals surface area contributed by atoms with E-state index in [0.717, 1.165) is 42.9 Å². The molecule has 0 bridgehead atoms. The highest BCUT2D eigenvalue weighted by Gasteiger charge is 2.26. The third-order valence-corrected chi connectivity index (χ3v) is 6.37. The number of hydrogen-bond donors (Lipinski definition) is 1. The van der Waals surface area contributed by atoms with Crippen molar-refractivity contribution in [3.63, 3.8) is 0 Å². The summed E-state index contributed by atoms with van der Waals surface area (Å²) in [4.78, 5) is 12.5. The summed E-state index contributed by atoms with van der Waals surface area (Å²) < 4.78 is 7.56. The van der Waals surface area contributed by atoms with Gasteiger partial charge in [-0.3, -0.25) is 9.48 Å². The fraction of sp³-hybridized carbons (Fsp3) is 0.565. The van der Waals surface area contributed by atoms with Gasteiger partial charge in [0.25, 0.3) is 0 Å². The Bertz CT molecular complexity index is 808. The Morgan fingerprint density at radius 1 is 1.21 bits per heavy atom. The molecule has 1 saturated carbocycles. The highest BCUT2D eigenvalue weighted by Crippen LogP contribution is 2.32. The molecule has 150 valence electrons. The minimum atomic E-state index is 0.103. The molecule has 1 aromatic carbocycles. The van der Waals surface area contributed by atoms with Gasteiger partial charge >= 0.3 is 0 Å². The molecule has 1 atom stereocenters. The van der Waals surface area contributed by atoms with Gasteiger partial charge in [0.15, 0.2) is 0 Å². The SMILES string of the molecule is COc1ccccc1Cn1ncc2c1CCCC2NC(=O)CCC1CCCC1. The van der Waals surface area contributed by atoms with E-state index in [1.54, 1.807) is 7.11 Å². The van der Waals surface area contributed by atoms with Crippen LogP contribution in [0, 0.1) is 5.92 Å². The molecule has 1 unspecified atom stereocenters. The molecule has 2 aromatic rings. The van der Waals surface area contributed by atoms with Crippen molar-refractivity contribution in [2.75, 3.05) is 7.11 Å². The van der Waals surface area contributed by atoms with E-state index in [4.69, 9.17) is 4.74 Å². The van der Waals surface area contributed by atoms with Crippen LogP contribution in [0.25, 0.3) is 0 Å². The van der Waals surface area contributed by atoms with Crippen LogP contribution in [0.3, 0.4) is 0 Å². The van der Waals surface area contributed by atoms with Crippen LogP contribution in [-0.2, 0) is 17.8 Å². The van der Waals surface area contributed by atoms with Crippen LogP contribution < -0.4 is 10.1 Å². The molecule has 5 heteroatoms. The topological polar surface area (TPSA) is 56.1 Å². The second-order valence-corrected chi connectivity index (χ2v) is 8.22. The fourth-order valence-corrected chi connectivity index (χ4v) is 4.80. The minimum Gasteiger partial charge on any atom is -0.496 e. The van der Waals surface area contributed by atoms with Crippen LogP contribution in [0.4, 0.5) is 0 Å².